The average Bonchev–Trinajstić information content (AvgIpc) is 3.87. The molecule has 0 amide bonds. The summed E-state index contributed by atoms with van der Waals surface area (Å²) in [6.45, 7) is 0. The summed E-state index contributed by atoms with van der Waals surface area (Å²) in [4.78, 5) is 2.51. The zero-order chi connectivity index (χ0) is 40.3. The molecule has 0 N–H and O–H groups in total. The predicted octanol–water partition coefficient (Wildman–Crippen LogP) is 16.4. The second-order valence-corrected chi connectivity index (χ2v) is 17.0. The van der Waals surface area contributed by atoms with Crippen LogP contribution in [-0.2, 0) is 5.41 Å². The van der Waals surface area contributed by atoms with Crippen LogP contribution in [0.1, 0.15) is 22.3 Å². The third-order valence-electron chi connectivity index (χ3n) is 12.7. The van der Waals surface area contributed by atoms with E-state index in [-0.39, 0.29) is 0 Å². The van der Waals surface area contributed by atoms with Crippen LogP contribution in [0, 0.1) is 0 Å². The van der Waals surface area contributed by atoms with E-state index >= 15 is 0 Å². The monoisotopic (exact) mass is 793 g/mol. The van der Waals surface area contributed by atoms with E-state index < -0.39 is 5.41 Å². The van der Waals surface area contributed by atoms with Gasteiger partial charge in [-0.3, -0.25) is 0 Å². The average molecular weight is 794 g/mol. The van der Waals surface area contributed by atoms with Crippen molar-refractivity contribution in [2.75, 3.05) is 4.90 Å². The Labute approximate surface area is 360 Å². The van der Waals surface area contributed by atoms with Crippen molar-refractivity contribution in [3.8, 4) is 33.4 Å². The molecule has 1 nitrogen and oxygen atoms in total. The van der Waals surface area contributed by atoms with Gasteiger partial charge in [0.2, 0.25) is 0 Å². The van der Waals surface area contributed by atoms with Crippen molar-refractivity contribution in [3.05, 3.63) is 259 Å². The predicted molar refractivity (Wildman–Crippen MR) is 260 cm³/mol. The molecule has 1 aliphatic carbocycles. The Bertz CT molecular complexity index is 3370. The molecule has 0 fully saturated rings. The maximum Gasteiger partial charge on any atom is 0.0714 e. The first-order valence-electron chi connectivity index (χ1n) is 21.0. The lowest BCUT2D eigenvalue weighted by Crippen LogP contribution is -2.28. The SMILES string of the molecule is c1ccc(-c2cccc(N(c3ccc4c(c3)C(c3ccccc3)(c3ccccc3)c3ccccc3-4)c3cccc4c3sc3c5ccccc5c(-c5ccccc5)cc43)c2)cc1. The van der Waals surface area contributed by atoms with Crippen molar-refractivity contribution in [1.82, 2.24) is 0 Å². The summed E-state index contributed by atoms with van der Waals surface area (Å²) in [5.74, 6) is 0. The summed E-state index contributed by atoms with van der Waals surface area (Å²) in [6.07, 6.45) is 0. The molecule has 10 aromatic carbocycles. The fourth-order valence-corrected chi connectivity index (χ4v) is 11.4. The Morgan fingerprint density at radius 3 is 1.59 bits per heavy atom. The largest absolute Gasteiger partial charge is 0.309 e. The molecule has 0 atom stereocenters. The van der Waals surface area contributed by atoms with Crippen LogP contribution in [0.25, 0.3) is 64.3 Å². The summed E-state index contributed by atoms with van der Waals surface area (Å²) in [5.41, 5.74) is 15.4. The topological polar surface area (TPSA) is 3.24 Å². The van der Waals surface area contributed by atoms with Gasteiger partial charge in [0.05, 0.1) is 15.8 Å². The maximum absolute atomic E-state index is 2.51. The Kier molecular flexibility index (Phi) is 8.33. The highest BCUT2D eigenvalue weighted by Crippen LogP contribution is 2.58. The molecule has 0 bridgehead atoms. The Balaban J connectivity index is 1.15. The molecule has 0 aliphatic heterocycles. The maximum atomic E-state index is 2.51. The van der Waals surface area contributed by atoms with Gasteiger partial charge in [-0.25, -0.2) is 0 Å². The molecular formula is C59H39NS. The highest BCUT2D eigenvalue weighted by Gasteiger charge is 2.46. The number of hydrogen-bond donors (Lipinski definition) is 0. The van der Waals surface area contributed by atoms with Crippen LogP contribution in [0.3, 0.4) is 0 Å². The molecule has 61 heavy (non-hydrogen) atoms. The second-order valence-electron chi connectivity index (χ2n) is 16.0. The van der Waals surface area contributed by atoms with Crippen molar-refractivity contribution < 1.29 is 0 Å². The molecule has 0 saturated carbocycles. The fraction of sp³-hybridized carbons (Fsp3) is 0.0169. The third-order valence-corrected chi connectivity index (χ3v) is 14.0. The normalized spacial score (nSPS) is 12.7. The van der Waals surface area contributed by atoms with Gasteiger partial charge >= 0.3 is 0 Å². The summed E-state index contributed by atoms with van der Waals surface area (Å²) in [5, 5.41) is 5.11. The van der Waals surface area contributed by atoms with E-state index in [9.17, 15) is 0 Å². The van der Waals surface area contributed by atoms with E-state index in [2.05, 4.69) is 241 Å². The minimum atomic E-state index is -0.515. The molecule has 2 heteroatoms. The van der Waals surface area contributed by atoms with Crippen molar-refractivity contribution in [3.63, 3.8) is 0 Å². The molecule has 11 aromatic rings. The molecule has 0 spiro atoms. The van der Waals surface area contributed by atoms with E-state index in [1.807, 2.05) is 11.3 Å². The lowest BCUT2D eigenvalue weighted by Gasteiger charge is -2.35. The van der Waals surface area contributed by atoms with Crippen molar-refractivity contribution in [1.29, 1.82) is 0 Å². The first-order valence-corrected chi connectivity index (χ1v) is 21.8. The van der Waals surface area contributed by atoms with Gasteiger partial charge in [0.25, 0.3) is 0 Å². The lowest BCUT2D eigenvalue weighted by atomic mass is 9.67. The van der Waals surface area contributed by atoms with Gasteiger partial charge in [-0.05, 0) is 97.4 Å². The molecule has 0 unspecified atom stereocenters. The molecule has 286 valence electrons. The van der Waals surface area contributed by atoms with Crippen LogP contribution in [-0.4, -0.2) is 0 Å². The number of thiophene rings is 1. The fourth-order valence-electron chi connectivity index (χ4n) is 10.1. The van der Waals surface area contributed by atoms with E-state index in [1.54, 1.807) is 0 Å². The van der Waals surface area contributed by atoms with Gasteiger partial charge in [-0.2, -0.15) is 0 Å². The number of hydrogen-bond acceptors (Lipinski definition) is 2. The smallest absolute Gasteiger partial charge is 0.0714 e. The van der Waals surface area contributed by atoms with Gasteiger partial charge in [0.15, 0.2) is 0 Å². The Hall–Kier alpha value is -7.52. The van der Waals surface area contributed by atoms with Crippen LogP contribution < -0.4 is 4.90 Å². The van der Waals surface area contributed by atoms with Crippen LogP contribution >= 0.6 is 11.3 Å². The van der Waals surface area contributed by atoms with E-state index in [1.165, 1.54) is 86.6 Å². The second kappa shape index (κ2) is 14.3. The standard InChI is InChI=1S/C59H39NS/c1-5-19-40(20-6-1)42-23-17-28-45(37-42)60(56-34-18-32-51-53-39-52(41-21-7-2-8-22-41)47-29-13-14-31-50(47)57(53)61-58(51)56)46-35-36-49-48-30-15-16-33-54(48)59(55(49)38-46,43-24-9-3-10-25-43)44-26-11-4-12-27-44/h1-39H. The number of nitrogens with zero attached hydrogens (tertiary/aromatic N) is 1. The first kappa shape index (κ1) is 35.4. The summed E-state index contributed by atoms with van der Waals surface area (Å²) < 4.78 is 2.58. The van der Waals surface area contributed by atoms with E-state index in [0.29, 0.717) is 0 Å². The zero-order valence-corrected chi connectivity index (χ0v) is 34.2. The third kappa shape index (κ3) is 5.53. The van der Waals surface area contributed by atoms with Gasteiger partial charge in [-0.15, -0.1) is 11.3 Å². The quantitative estimate of drug-likeness (QED) is 0.155. The van der Waals surface area contributed by atoms with Crippen LogP contribution in [0.2, 0.25) is 0 Å². The summed E-state index contributed by atoms with van der Waals surface area (Å²) in [6, 6.07) is 87.2. The van der Waals surface area contributed by atoms with Crippen molar-refractivity contribution in [2.45, 2.75) is 5.41 Å². The van der Waals surface area contributed by atoms with Gasteiger partial charge in [-0.1, -0.05) is 200 Å². The molecular weight excluding hydrogens is 755 g/mol. The van der Waals surface area contributed by atoms with Crippen LogP contribution in [0.5, 0.6) is 0 Å². The molecule has 1 aliphatic rings. The molecule has 1 aromatic heterocycles. The minimum absolute atomic E-state index is 0.515. The number of benzene rings is 10. The number of anilines is 3. The Morgan fingerprint density at radius 2 is 0.852 bits per heavy atom. The highest BCUT2D eigenvalue weighted by atomic mass is 32.1. The zero-order valence-electron chi connectivity index (χ0n) is 33.4. The molecule has 12 rings (SSSR count). The molecule has 0 radical (unpaired) electrons. The van der Waals surface area contributed by atoms with E-state index in [0.717, 1.165) is 17.1 Å². The van der Waals surface area contributed by atoms with Gasteiger partial charge in [0, 0.05) is 32.2 Å². The van der Waals surface area contributed by atoms with Gasteiger partial charge in [0.1, 0.15) is 0 Å². The molecule has 1 heterocycles. The van der Waals surface area contributed by atoms with Crippen LogP contribution in [0.4, 0.5) is 17.1 Å². The molecule has 0 saturated heterocycles. The van der Waals surface area contributed by atoms with Crippen LogP contribution in [0.15, 0.2) is 237 Å². The minimum Gasteiger partial charge on any atom is -0.309 e. The number of rotatable bonds is 7. The van der Waals surface area contributed by atoms with Crippen molar-refractivity contribution >= 4 is 59.3 Å². The highest BCUT2D eigenvalue weighted by molar-refractivity contribution is 7.27. The lowest BCUT2D eigenvalue weighted by molar-refractivity contribution is 0.768. The Morgan fingerprint density at radius 1 is 0.311 bits per heavy atom. The number of fused-ring (bicyclic) bond motifs is 8. The van der Waals surface area contributed by atoms with Crippen molar-refractivity contribution in [2.24, 2.45) is 0 Å². The summed E-state index contributed by atoms with van der Waals surface area (Å²) >= 11 is 1.91. The first-order chi connectivity index (χ1) is 30.3. The summed E-state index contributed by atoms with van der Waals surface area (Å²) in [7, 11) is 0. The van der Waals surface area contributed by atoms with E-state index in [4.69, 9.17) is 0 Å². The van der Waals surface area contributed by atoms with Gasteiger partial charge < -0.3 is 4.90 Å².